The summed E-state index contributed by atoms with van der Waals surface area (Å²) in [6.45, 7) is 13.7. The number of halogens is 2. The standard InChI is InChI=1S/C21H25.C13H8Br2.C5H5.Zr/c1-20(2,3)16-9-7-14-11-15-8-10-17(21(4,5)6)13-19(15)18(14)12-16;14-12-5-1-10(2-6-12)9-11-3-7-13(15)8-4-11;1-2-4-5-3-1;/h7-13H,1-6H3;1-8H;1-5H;/q-1;;-1;+2. The third-order valence-corrected chi connectivity index (χ3v) is 9.74. The maximum atomic E-state index is 3.45. The van der Waals surface area contributed by atoms with Crippen LogP contribution >= 0.6 is 31.9 Å². The first-order valence-electron chi connectivity index (χ1n) is 14.2. The van der Waals surface area contributed by atoms with E-state index in [1.807, 2.05) is 30.3 Å². The van der Waals surface area contributed by atoms with Crippen molar-refractivity contribution in [2.24, 2.45) is 0 Å². The number of rotatable bonds is 2. The van der Waals surface area contributed by atoms with Gasteiger partial charge in [0.1, 0.15) is 0 Å². The summed E-state index contributed by atoms with van der Waals surface area (Å²) in [7, 11) is 0. The van der Waals surface area contributed by atoms with Gasteiger partial charge in [0, 0.05) is 0 Å². The summed E-state index contributed by atoms with van der Waals surface area (Å²) in [6.07, 6.45) is 0. The van der Waals surface area contributed by atoms with E-state index >= 15 is 0 Å². The Kier molecular flexibility index (Phi) is 11.0. The molecule has 0 aliphatic heterocycles. The molecule has 6 rings (SSSR count). The van der Waals surface area contributed by atoms with Crippen molar-refractivity contribution >= 4 is 56.6 Å². The van der Waals surface area contributed by atoms with Crippen LogP contribution in [0.1, 0.15) is 63.8 Å². The number of benzene rings is 4. The van der Waals surface area contributed by atoms with Gasteiger partial charge in [-0.3, -0.25) is 0 Å². The van der Waals surface area contributed by atoms with E-state index in [0.29, 0.717) is 0 Å². The molecule has 0 unspecified atom stereocenters. The van der Waals surface area contributed by atoms with Crippen LogP contribution in [-0.4, -0.2) is 3.21 Å². The minimum atomic E-state index is 0.194. The Hall–Kier alpha value is -2.19. The summed E-state index contributed by atoms with van der Waals surface area (Å²) in [6, 6.07) is 43.1. The first-order valence-corrected chi connectivity index (χ1v) is 17.1. The molecule has 0 aliphatic carbocycles. The van der Waals surface area contributed by atoms with Crippen LogP contribution in [0.4, 0.5) is 0 Å². The average molecular weight is 758 g/mol. The van der Waals surface area contributed by atoms with Gasteiger partial charge in [-0.2, -0.15) is 18.2 Å². The predicted molar refractivity (Wildman–Crippen MR) is 188 cm³/mol. The molecular weight excluding hydrogens is 719 g/mol. The number of hydrogen-bond donors (Lipinski definition) is 0. The molecule has 0 radical (unpaired) electrons. The van der Waals surface area contributed by atoms with E-state index in [2.05, 4.69) is 164 Å². The van der Waals surface area contributed by atoms with Crippen molar-refractivity contribution < 1.29 is 24.2 Å². The Morgan fingerprint density at radius 3 is 1.26 bits per heavy atom. The fourth-order valence-corrected chi connectivity index (χ4v) is 6.00. The minimum absolute atomic E-state index is 0.194. The van der Waals surface area contributed by atoms with Crippen LogP contribution in [0.2, 0.25) is 0 Å². The Labute approximate surface area is 283 Å². The molecule has 0 N–H and O–H groups in total. The monoisotopic (exact) mass is 754 g/mol. The van der Waals surface area contributed by atoms with Crippen molar-refractivity contribution in [1.82, 2.24) is 0 Å². The molecular formula is C39H38Br2Zr. The summed E-state index contributed by atoms with van der Waals surface area (Å²) in [4.78, 5) is 0. The van der Waals surface area contributed by atoms with Crippen molar-refractivity contribution in [2.75, 3.05) is 0 Å². The van der Waals surface area contributed by atoms with E-state index in [0.717, 1.165) is 8.95 Å². The molecule has 0 aliphatic rings. The second-order valence-electron chi connectivity index (χ2n) is 12.6. The number of hydrogen-bond acceptors (Lipinski definition) is 0. The van der Waals surface area contributed by atoms with Gasteiger partial charge in [0.25, 0.3) is 0 Å². The topological polar surface area (TPSA) is 0 Å². The molecule has 6 aromatic rings. The number of fused-ring (bicyclic) bond motifs is 3. The van der Waals surface area contributed by atoms with Crippen molar-refractivity contribution in [2.45, 2.75) is 52.4 Å². The molecule has 6 aromatic carbocycles. The van der Waals surface area contributed by atoms with E-state index in [1.165, 1.54) is 71.2 Å². The third-order valence-electron chi connectivity index (χ3n) is 7.26. The summed E-state index contributed by atoms with van der Waals surface area (Å²) >= 11 is 8.34. The molecule has 0 bridgehead atoms. The quantitative estimate of drug-likeness (QED) is 0.154. The Morgan fingerprint density at radius 1 is 0.571 bits per heavy atom. The molecule has 3 heteroatoms. The first kappa shape index (κ1) is 32.7. The molecule has 0 amide bonds. The van der Waals surface area contributed by atoms with Crippen LogP contribution in [-0.2, 0) is 35.1 Å². The second kappa shape index (κ2) is 14.1. The molecule has 0 nitrogen and oxygen atoms in total. The smallest absolute Gasteiger partial charge is 0.0145 e. The molecule has 0 saturated heterocycles. The SMILES string of the molecule is Brc1ccc([C](=[Zr+2])c2ccc(Br)cc2)cc1.CC(C)(C)c1ccc2[cH-]c3ccc(C(C)(C)C)cc3c2c1.c1cc[cH-]c1. The van der Waals surface area contributed by atoms with Gasteiger partial charge in [0.05, 0.1) is 0 Å². The van der Waals surface area contributed by atoms with E-state index < -0.39 is 0 Å². The predicted octanol–water partition coefficient (Wildman–Crippen LogP) is 12.0. The Morgan fingerprint density at radius 2 is 0.952 bits per heavy atom. The molecule has 0 spiro atoms. The Bertz CT molecular complexity index is 1610. The normalized spacial score (nSPS) is 11.5. The molecule has 0 fully saturated rings. The van der Waals surface area contributed by atoms with E-state index in [4.69, 9.17) is 0 Å². The fourth-order valence-electron chi connectivity index (χ4n) is 4.65. The zero-order chi connectivity index (χ0) is 30.5. The van der Waals surface area contributed by atoms with Gasteiger partial charge in [-0.1, -0.05) is 76.9 Å². The summed E-state index contributed by atoms with van der Waals surface area (Å²) < 4.78 is 3.62. The van der Waals surface area contributed by atoms with Crippen LogP contribution < -0.4 is 0 Å². The second-order valence-corrected chi connectivity index (χ2v) is 15.7. The van der Waals surface area contributed by atoms with Crippen LogP contribution in [0.25, 0.3) is 21.5 Å². The van der Waals surface area contributed by atoms with E-state index in [-0.39, 0.29) is 10.8 Å². The largest absolute Gasteiger partial charge is 0.214 e. The average Bonchev–Trinajstić information content (AvgIpc) is 3.64. The maximum Gasteiger partial charge on any atom is -0.0145 e. The van der Waals surface area contributed by atoms with Crippen molar-refractivity contribution in [3.63, 3.8) is 0 Å². The zero-order valence-corrected chi connectivity index (χ0v) is 30.9. The van der Waals surface area contributed by atoms with Crippen molar-refractivity contribution in [3.05, 3.63) is 153 Å². The van der Waals surface area contributed by atoms with Crippen molar-refractivity contribution in [3.8, 4) is 0 Å². The van der Waals surface area contributed by atoms with Gasteiger partial charge in [-0.25, -0.2) is 12.1 Å². The van der Waals surface area contributed by atoms with Gasteiger partial charge in [-0.15, -0.1) is 39.7 Å². The Balaban J connectivity index is 0.000000170. The van der Waals surface area contributed by atoms with Crippen LogP contribution in [0.5, 0.6) is 0 Å². The van der Waals surface area contributed by atoms with Crippen molar-refractivity contribution in [1.29, 1.82) is 0 Å². The van der Waals surface area contributed by atoms with Gasteiger partial charge in [0.2, 0.25) is 0 Å². The minimum Gasteiger partial charge on any atom is -0.214 e. The molecule has 0 saturated carbocycles. The van der Waals surface area contributed by atoms with Gasteiger partial charge in [0.15, 0.2) is 0 Å². The fraction of sp³-hybridized carbons (Fsp3) is 0.205. The van der Waals surface area contributed by atoms with Gasteiger partial charge < -0.3 is 0 Å². The van der Waals surface area contributed by atoms with Crippen LogP contribution in [0.15, 0.2) is 130 Å². The molecule has 0 atom stereocenters. The van der Waals surface area contributed by atoms with Crippen LogP contribution in [0, 0.1) is 0 Å². The van der Waals surface area contributed by atoms with E-state index in [1.54, 1.807) is 0 Å². The summed E-state index contributed by atoms with van der Waals surface area (Å²) in [5, 5.41) is 5.49. The summed E-state index contributed by atoms with van der Waals surface area (Å²) in [5.41, 5.74) is 5.79. The molecule has 0 heterocycles. The zero-order valence-electron chi connectivity index (χ0n) is 25.3. The van der Waals surface area contributed by atoms with E-state index in [9.17, 15) is 0 Å². The molecule has 42 heavy (non-hydrogen) atoms. The summed E-state index contributed by atoms with van der Waals surface area (Å²) in [5.74, 6) is 0. The van der Waals surface area contributed by atoms with Gasteiger partial charge >= 0.3 is 128 Å². The molecule has 0 aromatic heterocycles. The van der Waals surface area contributed by atoms with Crippen LogP contribution in [0.3, 0.4) is 0 Å². The third kappa shape index (κ3) is 8.69. The van der Waals surface area contributed by atoms with Gasteiger partial charge in [-0.05, 0) is 10.8 Å². The maximum absolute atomic E-state index is 3.45. The molecule has 212 valence electrons. The first-order chi connectivity index (χ1) is 19.8.